The van der Waals surface area contributed by atoms with Gasteiger partial charge in [0.1, 0.15) is 0 Å². The van der Waals surface area contributed by atoms with Gasteiger partial charge < -0.3 is 10.6 Å². The minimum absolute atomic E-state index is 0.152. The van der Waals surface area contributed by atoms with Crippen LogP contribution < -0.4 is 10.6 Å². The number of hydrogen-bond donors (Lipinski definition) is 2. The molecule has 2 aromatic rings. The van der Waals surface area contributed by atoms with Crippen molar-refractivity contribution in [2.75, 3.05) is 6.54 Å². The van der Waals surface area contributed by atoms with Crippen LogP contribution in [0.2, 0.25) is 4.34 Å². The molecule has 0 saturated carbocycles. The monoisotopic (exact) mass is 294 g/mol. The lowest BCUT2D eigenvalue weighted by Gasteiger charge is -2.06. The van der Waals surface area contributed by atoms with Crippen LogP contribution in [0.3, 0.4) is 0 Å². The summed E-state index contributed by atoms with van der Waals surface area (Å²) < 4.78 is 0.737. The van der Waals surface area contributed by atoms with Crippen molar-refractivity contribution >= 4 is 29.0 Å². The Bertz CT molecular complexity index is 527. The van der Waals surface area contributed by atoms with E-state index in [1.165, 1.54) is 16.9 Å². The van der Waals surface area contributed by atoms with Gasteiger partial charge in [-0.2, -0.15) is 0 Å². The van der Waals surface area contributed by atoms with Gasteiger partial charge in [-0.05, 0) is 24.1 Å². The van der Waals surface area contributed by atoms with Gasteiger partial charge in [-0.25, -0.2) is 4.79 Å². The van der Waals surface area contributed by atoms with E-state index in [9.17, 15) is 4.79 Å². The highest BCUT2D eigenvalue weighted by Crippen LogP contribution is 2.20. The first-order chi connectivity index (χ1) is 9.24. The van der Waals surface area contributed by atoms with E-state index in [0.717, 1.165) is 15.6 Å². The normalized spacial score (nSPS) is 10.2. The maximum absolute atomic E-state index is 11.6. The van der Waals surface area contributed by atoms with E-state index in [1.54, 1.807) is 0 Å². The number of carbonyl (C=O) groups is 1. The van der Waals surface area contributed by atoms with E-state index in [1.807, 2.05) is 42.5 Å². The number of halogens is 1. The molecule has 19 heavy (non-hydrogen) atoms. The summed E-state index contributed by atoms with van der Waals surface area (Å²) in [6.07, 6.45) is 0.832. The number of hydrogen-bond acceptors (Lipinski definition) is 2. The maximum Gasteiger partial charge on any atom is 0.315 e. The summed E-state index contributed by atoms with van der Waals surface area (Å²) in [5.74, 6) is 0. The van der Waals surface area contributed by atoms with Crippen LogP contribution in [0.1, 0.15) is 10.4 Å². The van der Waals surface area contributed by atoms with Crippen LogP contribution in [-0.4, -0.2) is 12.6 Å². The number of thiophene rings is 1. The van der Waals surface area contributed by atoms with E-state index in [2.05, 4.69) is 10.6 Å². The summed E-state index contributed by atoms with van der Waals surface area (Å²) in [5.41, 5.74) is 1.22. The van der Waals surface area contributed by atoms with Crippen LogP contribution in [0.15, 0.2) is 42.5 Å². The molecule has 0 saturated heterocycles. The molecule has 5 heteroatoms. The molecule has 3 nitrogen and oxygen atoms in total. The van der Waals surface area contributed by atoms with Crippen molar-refractivity contribution in [3.63, 3.8) is 0 Å². The zero-order valence-corrected chi connectivity index (χ0v) is 11.9. The van der Waals surface area contributed by atoms with Crippen molar-refractivity contribution in [1.29, 1.82) is 0 Å². The number of urea groups is 1. The molecular formula is C14H15ClN2OS. The summed E-state index contributed by atoms with van der Waals surface area (Å²) >= 11 is 7.29. The van der Waals surface area contributed by atoms with Crippen LogP contribution in [0.25, 0.3) is 0 Å². The lowest BCUT2D eigenvalue weighted by Crippen LogP contribution is -2.35. The van der Waals surface area contributed by atoms with Gasteiger partial charge in [-0.15, -0.1) is 11.3 Å². The number of rotatable bonds is 5. The van der Waals surface area contributed by atoms with Crippen LogP contribution in [0.4, 0.5) is 4.79 Å². The fourth-order valence-corrected chi connectivity index (χ4v) is 2.67. The third-order valence-corrected chi connectivity index (χ3v) is 3.83. The first kappa shape index (κ1) is 13.9. The molecular weight excluding hydrogens is 280 g/mol. The highest BCUT2D eigenvalue weighted by atomic mass is 35.5. The van der Waals surface area contributed by atoms with Crippen molar-refractivity contribution in [2.45, 2.75) is 13.0 Å². The Kier molecular flexibility index (Phi) is 5.24. The third kappa shape index (κ3) is 4.93. The van der Waals surface area contributed by atoms with Gasteiger partial charge in [-0.3, -0.25) is 0 Å². The molecule has 1 heterocycles. The predicted molar refractivity (Wildman–Crippen MR) is 79.7 cm³/mol. The Balaban J connectivity index is 1.65. The molecule has 0 aliphatic carbocycles. The predicted octanol–water partition coefficient (Wildman–Crippen LogP) is 3.44. The largest absolute Gasteiger partial charge is 0.338 e. The zero-order chi connectivity index (χ0) is 13.5. The van der Waals surface area contributed by atoms with Crippen molar-refractivity contribution in [3.05, 3.63) is 57.2 Å². The van der Waals surface area contributed by atoms with Gasteiger partial charge in [0.05, 0.1) is 10.9 Å². The summed E-state index contributed by atoms with van der Waals surface area (Å²) in [6, 6.07) is 13.7. The number of benzene rings is 1. The molecule has 2 rings (SSSR count). The van der Waals surface area contributed by atoms with E-state index < -0.39 is 0 Å². The lowest BCUT2D eigenvalue weighted by molar-refractivity contribution is 0.240. The SMILES string of the molecule is O=C(NCCc1ccccc1)NCc1ccc(Cl)s1. The van der Waals surface area contributed by atoms with Gasteiger partial charge in [-0.1, -0.05) is 41.9 Å². The molecule has 0 bridgehead atoms. The van der Waals surface area contributed by atoms with Crippen molar-refractivity contribution < 1.29 is 4.79 Å². The van der Waals surface area contributed by atoms with Crippen LogP contribution in [0, 0.1) is 0 Å². The summed E-state index contributed by atoms with van der Waals surface area (Å²) in [6.45, 7) is 1.13. The van der Waals surface area contributed by atoms with E-state index in [-0.39, 0.29) is 6.03 Å². The number of amides is 2. The molecule has 0 spiro atoms. The van der Waals surface area contributed by atoms with Gasteiger partial charge in [0.25, 0.3) is 0 Å². The highest BCUT2D eigenvalue weighted by Gasteiger charge is 2.02. The minimum Gasteiger partial charge on any atom is -0.338 e. The molecule has 2 N–H and O–H groups in total. The Morgan fingerprint density at radius 3 is 2.58 bits per heavy atom. The molecule has 0 aliphatic rings. The van der Waals surface area contributed by atoms with E-state index in [4.69, 9.17) is 11.6 Å². The summed E-state index contributed by atoms with van der Waals surface area (Å²) in [7, 11) is 0. The third-order valence-electron chi connectivity index (χ3n) is 2.59. The molecule has 1 aromatic carbocycles. The molecule has 1 aromatic heterocycles. The zero-order valence-electron chi connectivity index (χ0n) is 10.4. The standard InChI is InChI=1S/C14H15ClN2OS/c15-13-7-6-12(19-13)10-17-14(18)16-9-8-11-4-2-1-3-5-11/h1-7H,8-10H2,(H2,16,17,18). The van der Waals surface area contributed by atoms with Gasteiger partial charge in [0, 0.05) is 11.4 Å². The van der Waals surface area contributed by atoms with Gasteiger partial charge >= 0.3 is 6.03 Å². The molecule has 0 aliphatic heterocycles. The first-order valence-electron chi connectivity index (χ1n) is 6.04. The summed E-state index contributed by atoms with van der Waals surface area (Å²) in [4.78, 5) is 12.6. The molecule has 0 atom stereocenters. The van der Waals surface area contributed by atoms with E-state index in [0.29, 0.717) is 13.1 Å². The van der Waals surface area contributed by atoms with Crippen molar-refractivity contribution in [1.82, 2.24) is 10.6 Å². The second kappa shape index (κ2) is 7.16. The van der Waals surface area contributed by atoms with E-state index >= 15 is 0 Å². The quantitative estimate of drug-likeness (QED) is 0.871. The first-order valence-corrected chi connectivity index (χ1v) is 7.23. The second-order valence-electron chi connectivity index (χ2n) is 4.05. The Labute approximate surface area is 121 Å². The molecule has 0 fully saturated rings. The fraction of sp³-hybridized carbons (Fsp3) is 0.214. The minimum atomic E-state index is -0.152. The summed E-state index contributed by atoms with van der Waals surface area (Å²) in [5, 5.41) is 5.63. The number of carbonyl (C=O) groups excluding carboxylic acids is 1. The average Bonchev–Trinajstić information content (AvgIpc) is 2.83. The molecule has 0 radical (unpaired) electrons. The van der Waals surface area contributed by atoms with Crippen LogP contribution in [0.5, 0.6) is 0 Å². The Morgan fingerprint density at radius 1 is 1.11 bits per heavy atom. The molecule has 0 unspecified atom stereocenters. The number of nitrogens with one attached hydrogen (secondary N) is 2. The van der Waals surface area contributed by atoms with Crippen LogP contribution in [-0.2, 0) is 13.0 Å². The fourth-order valence-electron chi connectivity index (χ4n) is 1.64. The van der Waals surface area contributed by atoms with Crippen LogP contribution >= 0.6 is 22.9 Å². The second-order valence-corrected chi connectivity index (χ2v) is 5.85. The highest BCUT2D eigenvalue weighted by molar-refractivity contribution is 7.16. The van der Waals surface area contributed by atoms with Crippen molar-refractivity contribution in [3.8, 4) is 0 Å². The molecule has 2 amide bonds. The average molecular weight is 295 g/mol. The smallest absolute Gasteiger partial charge is 0.315 e. The Hall–Kier alpha value is -1.52. The topological polar surface area (TPSA) is 41.1 Å². The van der Waals surface area contributed by atoms with Gasteiger partial charge in [0.2, 0.25) is 0 Å². The lowest BCUT2D eigenvalue weighted by atomic mass is 10.1. The van der Waals surface area contributed by atoms with Crippen molar-refractivity contribution in [2.24, 2.45) is 0 Å². The Morgan fingerprint density at radius 2 is 1.89 bits per heavy atom. The maximum atomic E-state index is 11.6. The van der Waals surface area contributed by atoms with Gasteiger partial charge in [0.15, 0.2) is 0 Å². The molecule has 100 valence electrons.